The Morgan fingerprint density at radius 1 is 1.06 bits per heavy atom. The Bertz CT molecular complexity index is 1090. The number of benzene rings is 1. The molecule has 0 atom stereocenters. The number of nitrogens with one attached hydrogen (secondary N) is 1. The van der Waals surface area contributed by atoms with E-state index in [0.717, 1.165) is 23.4 Å². The molecule has 2 aliphatic rings. The summed E-state index contributed by atoms with van der Waals surface area (Å²) in [6.07, 6.45) is 1.95. The number of aryl methyl sites for hydroxylation is 2. The monoisotopic (exact) mass is 493 g/mol. The summed E-state index contributed by atoms with van der Waals surface area (Å²) in [5, 5.41) is 3.00. The van der Waals surface area contributed by atoms with Crippen molar-refractivity contribution >= 4 is 38.6 Å². The number of thiophene rings is 1. The lowest BCUT2D eigenvalue weighted by atomic mass is 10.1. The molecule has 33 heavy (non-hydrogen) atoms. The standard InChI is InChI=1S/C23H31N3O5S2/c1-3-4-18-15-22(32-17(18)2)23(27)24-20-16-19(33(28,29)26-9-13-31-14-10-26)5-6-21(20)25-7-11-30-12-8-25/h5-6,15-16H,3-4,7-14H2,1-2H3,(H,24,27). The van der Waals surface area contributed by atoms with E-state index in [1.165, 1.54) is 21.2 Å². The Morgan fingerprint density at radius 3 is 2.39 bits per heavy atom. The van der Waals surface area contributed by atoms with Crippen LogP contribution in [0.15, 0.2) is 29.2 Å². The molecule has 1 amide bonds. The van der Waals surface area contributed by atoms with Crippen molar-refractivity contribution in [3.8, 4) is 0 Å². The summed E-state index contributed by atoms with van der Waals surface area (Å²) in [7, 11) is -3.68. The number of amides is 1. The molecule has 2 fully saturated rings. The SMILES string of the molecule is CCCc1cc(C(=O)Nc2cc(S(=O)(=O)N3CCOCC3)ccc2N2CCOCC2)sc1C. The van der Waals surface area contributed by atoms with E-state index in [1.807, 2.05) is 13.0 Å². The first-order chi connectivity index (χ1) is 15.9. The molecule has 0 radical (unpaired) electrons. The van der Waals surface area contributed by atoms with Gasteiger partial charge in [-0.3, -0.25) is 4.79 Å². The minimum absolute atomic E-state index is 0.172. The lowest BCUT2D eigenvalue weighted by Crippen LogP contribution is -2.40. The van der Waals surface area contributed by atoms with Crippen molar-refractivity contribution in [1.82, 2.24) is 4.31 Å². The van der Waals surface area contributed by atoms with E-state index in [0.29, 0.717) is 63.2 Å². The van der Waals surface area contributed by atoms with Gasteiger partial charge >= 0.3 is 0 Å². The van der Waals surface area contributed by atoms with Crippen molar-refractivity contribution in [2.45, 2.75) is 31.6 Å². The molecule has 0 unspecified atom stereocenters. The summed E-state index contributed by atoms with van der Waals surface area (Å²) in [4.78, 5) is 17.2. The second-order valence-electron chi connectivity index (χ2n) is 8.19. The second-order valence-corrected chi connectivity index (χ2v) is 11.4. The number of anilines is 2. The maximum atomic E-state index is 13.2. The Kier molecular flexibility index (Phi) is 7.70. The average Bonchev–Trinajstić information content (AvgIpc) is 3.21. The summed E-state index contributed by atoms with van der Waals surface area (Å²) in [6, 6.07) is 6.94. The van der Waals surface area contributed by atoms with Crippen LogP contribution in [-0.2, 0) is 25.9 Å². The summed E-state index contributed by atoms with van der Waals surface area (Å²) in [5.74, 6) is -0.221. The molecule has 4 rings (SSSR count). The number of morpholine rings is 2. The van der Waals surface area contributed by atoms with Crippen LogP contribution >= 0.6 is 11.3 Å². The topological polar surface area (TPSA) is 88.2 Å². The van der Waals surface area contributed by atoms with Gasteiger partial charge in [0.1, 0.15) is 0 Å². The van der Waals surface area contributed by atoms with Gasteiger partial charge in [0.15, 0.2) is 0 Å². The zero-order chi connectivity index (χ0) is 23.4. The van der Waals surface area contributed by atoms with Gasteiger partial charge in [-0.15, -0.1) is 11.3 Å². The van der Waals surface area contributed by atoms with E-state index in [2.05, 4.69) is 17.1 Å². The number of carbonyl (C=O) groups is 1. The van der Waals surface area contributed by atoms with Crippen LogP contribution in [0, 0.1) is 6.92 Å². The fourth-order valence-electron chi connectivity index (χ4n) is 4.12. The molecule has 10 heteroatoms. The number of ether oxygens (including phenoxy) is 2. The zero-order valence-electron chi connectivity index (χ0n) is 19.1. The fraction of sp³-hybridized carbons (Fsp3) is 0.522. The molecule has 0 bridgehead atoms. The normalized spacial score (nSPS) is 17.8. The van der Waals surface area contributed by atoms with E-state index in [4.69, 9.17) is 9.47 Å². The van der Waals surface area contributed by atoms with Crippen LogP contribution in [0.25, 0.3) is 0 Å². The lowest BCUT2D eigenvalue weighted by Gasteiger charge is -2.31. The highest BCUT2D eigenvalue weighted by molar-refractivity contribution is 7.89. The minimum atomic E-state index is -3.68. The molecule has 0 saturated carbocycles. The first-order valence-corrected chi connectivity index (χ1v) is 13.6. The second kappa shape index (κ2) is 10.5. The van der Waals surface area contributed by atoms with Gasteiger partial charge in [0.25, 0.3) is 5.91 Å². The fourth-order valence-corrected chi connectivity index (χ4v) is 6.53. The van der Waals surface area contributed by atoms with Crippen molar-refractivity contribution in [3.05, 3.63) is 39.6 Å². The average molecular weight is 494 g/mol. The van der Waals surface area contributed by atoms with Gasteiger partial charge in [-0.2, -0.15) is 4.31 Å². The molecule has 2 aromatic rings. The van der Waals surface area contributed by atoms with Crippen LogP contribution in [0.5, 0.6) is 0 Å². The Morgan fingerprint density at radius 2 is 1.73 bits per heavy atom. The number of hydrogen-bond acceptors (Lipinski definition) is 7. The first kappa shape index (κ1) is 24.2. The molecule has 1 N–H and O–H groups in total. The predicted molar refractivity (Wildman–Crippen MR) is 130 cm³/mol. The molecule has 1 aromatic heterocycles. The third-order valence-corrected chi connectivity index (χ3v) is 8.93. The molecule has 3 heterocycles. The molecule has 0 aliphatic carbocycles. The molecule has 1 aromatic carbocycles. The van der Waals surface area contributed by atoms with Gasteiger partial charge in [0, 0.05) is 31.1 Å². The maximum absolute atomic E-state index is 13.2. The van der Waals surface area contributed by atoms with Crippen LogP contribution < -0.4 is 10.2 Å². The summed E-state index contributed by atoms with van der Waals surface area (Å²) < 4.78 is 38.7. The summed E-state index contributed by atoms with van der Waals surface area (Å²) in [6.45, 7) is 8.09. The van der Waals surface area contributed by atoms with Crippen molar-refractivity contribution in [1.29, 1.82) is 0 Å². The third-order valence-electron chi connectivity index (χ3n) is 5.94. The predicted octanol–water partition coefficient (Wildman–Crippen LogP) is 3.12. The van der Waals surface area contributed by atoms with E-state index in [-0.39, 0.29) is 10.8 Å². The number of rotatable bonds is 7. The largest absolute Gasteiger partial charge is 0.379 e. The molecule has 180 valence electrons. The van der Waals surface area contributed by atoms with Crippen LogP contribution in [0.4, 0.5) is 11.4 Å². The highest BCUT2D eigenvalue weighted by Crippen LogP contribution is 2.32. The van der Waals surface area contributed by atoms with Crippen molar-refractivity contribution in [3.63, 3.8) is 0 Å². The van der Waals surface area contributed by atoms with Gasteiger partial charge < -0.3 is 19.7 Å². The summed E-state index contributed by atoms with van der Waals surface area (Å²) >= 11 is 1.47. The molecule has 2 aliphatic heterocycles. The van der Waals surface area contributed by atoms with Gasteiger partial charge in [-0.25, -0.2) is 8.42 Å². The van der Waals surface area contributed by atoms with Crippen LogP contribution in [-0.4, -0.2) is 71.2 Å². The zero-order valence-corrected chi connectivity index (χ0v) is 20.8. The number of sulfonamides is 1. The Labute approximate surface area is 199 Å². The van der Waals surface area contributed by atoms with Gasteiger partial charge in [0.05, 0.1) is 47.6 Å². The Hall–Kier alpha value is -1.98. The van der Waals surface area contributed by atoms with Crippen LogP contribution in [0.2, 0.25) is 0 Å². The molecule has 8 nitrogen and oxygen atoms in total. The van der Waals surface area contributed by atoms with Crippen LogP contribution in [0.3, 0.4) is 0 Å². The minimum Gasteiger partial charge on any atom is -0.379 e. The van der Waals surface area contributed by atoms with Gasteiger partial charge in [-0.05, 0) is 43.2 Å². The molecular weight excluding hydrogens is 462 g/mol. The summed E-state index contributed by atoms with van der Waals surface area (Å²) in [5.41, 5.74) is 2.48. The van der Waals surface area contributed by atoms with Gasteiger partial charge in [-0.1, -0.05) is 13.3 Å². The highest BCUT2D eigenvalue weighted by Gasteiger charge is 2.28. The van der Waals surface area contributed by atoms with E-state index in [9.17, 15) is 13.2 Å². The number of nitrogens with zero attached hydrogens (tertiary/aromatic N) is 2. The van der Waals surface area contributed by atoms with Crippen molar-refractivity contribution in [2.24, 2.45) is 0 Å². The van der Waals surface area contributed by atoms with E-state index < -0.39 is 10.0 Å². The first-order valence-electron chi connectivity index (χ1n) is 11.4. The van der Waals surface area contributed by atoms with E-state index in [1.54, 1.807) is 18.2 Å². The molecule has 0 spiro atoms. The maximum Gasteiger partial charge on any atom is 0.265 e. The van der Waals surface area contributed by atoms with Gasteiger partial charge in [0.2, 0.25) is 10.0 Å². The van der Waals surface area contributed by atoms with Crippen LogP contribution in [0.1, 0.15) is 33.5 Å². The lowest BCUT2D eigenvalue weighted by molar-refractivity contribution is 0.0730. The highest BCUT2D eigenvalue weighted by atomic mass is 32.2. The third kappa shape index (κ3) is 5.41. The molecular formula is C23H31N3O5S2. The number of hydrogen-bond donors (Lipinski definition) is 1. The van der Waals surface area contributed by atoms with E-state index >= 15 is 0 Å². The quantitative estimate of drug-likeness (QED) is 0.638. The molecule has 2 saturated heterocycles. The smallest absolute Gasteiger partial charge is 0.265 e. The van der Waals surface area contributed by atoms with Crippen molar-refractivity contribution in [2.75, 3.05) is 62.8 Å². The van der Waals surface area contributed by atoms with Crippen molar-refractivity contribution < 1.29 is 22.7 Å². The Balaban J connectivity index is 1.66. The number of carbonyl (C=O) groups excluding carboxylic acids is 1.